The van der Waals surface area contributed by atoms with Gasteiger partial charge < -0.3 is 25.5 Å². The zero-order chi connectivity index (χ0) is 22.2. The quantitative estimate of drug-likeness (QED) is 0.162. The monoisotopic (exact) mass is 408 g/mol. The summed E-state index contributed by atoms with van der Waals surface area (Å²) >= 11 is 3.77. The number of hydrogen-bond acceptors (Lipinski definition) is 11. The van der Waals surface area contributed by atoms with Gasteiger partial charge in [-0.05, 0) is 34.6 Å². The van der Waals surface area contributed by atoms with E-state index in [0.717, 1.165) is 13.8 Å². The Labute approximate surface area is 160 Å². The zero-order valence-electron chi connectivity index (χ0n) is 15.5. The largest absolute Gasteiger partial charge is 0.394 e. The molecular formula is C16H24O10S. The van der Waals surface area contributed by atoms with Gasteiger partial charge in [-0.15, -0.1) is 0 Å². The lowest BCUT2D eigenvalue weighted by molar-refractivity contribution is -0.254. The van der Waals surface area contributed by atoms with Crippen molar-refractivity contribution >= 4 is 41.5 Å². The van der Waals surface area contributed by atoms with Crippen LogP contribution in [0.25, 0.3) is 0 Å². The van der Waals surface area contributed by atoms with Crippen molar-refractivity contribution in [2.45, 2.75) is 62.3 Å². The molecule has 0 saturated carbocycles. The van der Waals surface area contributed by atoms with Crippen LogP contribution in [-0.4, -0.2) is 88.7 Å². The van der Waals surface area contributed by atoms with Crippen LogP contribution in [0.3, 0.4) is 0 Å². The van der Waals surface area contributed by atoms with Gasteiger partial charge in [-0.3, -0.25) is 24.0 Å². The number of carbonyl (C=O) groups is 5. The number of aliphatic hydroxyl groups excluding tert-OH is 2. The number of aliphatic hydroxyl groups is 5. The first-order valence-electron chi connectivity index (χ1n) is 7.69. The molecule has 0 heterocycles. The maximum Gasteiger partial charge on any atom is 0.199 e. The van der Waals surface area contributed by atoms with Crippen LogP contribution >= 0.6 is 12.6 Å². The van der Waals surface area contributed by atoms with Crippen molar-refractivity contribution in [3.63, 3.8) is 0 Å². The van der Waals surface area contributed by atoms with Crippen LogP contribution in [0.15, 0.2) is 0 Å². The molecule has 0 unspecified atom stereocenters. The molecular weight excluding hydrogens is 384 g/mol. The van der Waals surface area contributed by atoms with Gasteiger partial charge in [0.25, 0.3) is 0 Å². The Morgan fingerprint density at radius 3 is 1.26 bits per heavy atom. The molecule has 0 radical (unpaired) electrons. The molecule has 0 amide bonds. The maximum absolute atomic E-state index is 12.4. The molecule has 0 spiro atoms. The summed E-state index contributed by atoms with van der Waals surface area (Å²) in [6, 6.07) is 0. The van der Waals surface area contributed by atoms with E-state index in [-0.39, 0.29) is 0 Å². The molecule has 0 rings (SSSR count). The second kappa shape index (κ2) is 7.86. The molecule has 10 nitrogen and oxygen atoms in total. The Kier molecular flexibility index (Phi) is 7.42. The molecule has 0 aromatic rings. The Balaban J connectivity index is 7.63. The summed E-state index contributed by atoms with van der Waals surface area (Å²) in [6.07, 6.45) is -2.58. The van der Waals surface area contributed by atoms with Gasteiger partial charge in [0, 0.05) is 0 Å². The summed E-state index contributed by atoms with van der Waals surface area (Å²) in [7, 11) is 0. The smallest absolute Gasteiger partial charge is 0.199 e. The van der Waals surface area contributed by atoms with Crippen molar-refractivity contribution in [3.8, 4) is 0 Å². The molecule has 5 N–H and O–H groups in total. The minimum Gasteiger partial charge on any atom is -0.394 e. The lowest BCUT2D eigenvalue weighted by atomic mass is 9.57. The van der Waals surface area contributed by atoms with Gasteiger partial charge in [-0.25, -0.2) is 0 Å². The molecule has 0 saturated heterocycles. The third kappa shape index (κ3) is 3.08. The van der Waals surface area contributed by atoms with Crippen molar-refractivity contribution in [1.29, 1.82) is 0 Å². The molecule has 0 aromatic heterocycles. The van der Waals surface area contributed by atoms with Crippen molar-refractivity contribution in [2.75, 3.05) is 6.61 Å². The van der Waals surface area contributed by atoms with Crippen LogP contribution in [0.5, 0.6) is 0 Å². The highest BCUT2D eigenvalue weighted by molar-refractivity contribution is 7.84. The number of rotatable bonds is 10. The van der Waals surface area contributed by atoms with Crippen LogP contribution < -0.4 is 0 Å². The highest BCUT2D eigenvalue weighted by Gasteiger charge is 2.78. The molecule has 11 heteroatoms. The van der Waals surface area contributed by atoms with Crippen LogP contribution in [0.2, 0.25) is 0 Å². The van der Waals surface area contributed by atoms with Gasteiger partial charge in [-0.2, -0.15) is 12.6 Å². The van der Waals surface area contributed by atoms with E-state index in [9.17, 15) is 49.5 Å². The predicted octanol–water partition coefficient (Wildman–Crippen LogP) is -2.85. The summed E-state index contributed by atoms with van der Waals surface area (Å²) < 4.78 is -3.09. The van der Waals surface area contributed by atoms with E-state index in [2.05, 4.69) is 12.6 Å². The summed E-state index contributed by atoms with van der Waals surface area (Å²) in [5, 5.41) is 52.1. The van der Waals surface area contributed by atoms with E-state index in [1.807, 2.05) is 0 Å². The number of Topliss-reactive ketones (excluding diaryl/α,β-unsaturated/α-hetero) is 5. The van der Waals surface area contributed by atoms with E-state index in [1.165, 1.54) is 0 Å². The molecule has 0 aliphatic heterocycles. The molecule has 0 aliphatic rings. The fraction of sp³-hybridized carbons (Fsp3) is 0.688. The first-order valence-corrected chi connectivity index (χ1v) is 8.13. The molecule has 4 atom stereocenters. The van der Waals surface area contributed by atoms with E-state index < -0.39 is 63.2 Å². The number of carbonyl (C=O) groups excluding carboxylic acids is 5. The Morgan fingerprint density at radius 1 is 0.741 bits per heavy atom. The number of hydrogen-bond donors (Lipinski definition) is 6. The van der Waals surface area contributed by atoms with Gasteiger partial charge in [0.05, 0.1) is 6.61 Å². The second-order valence-corrected chi connectivity index (χ2v) is 7.05. The number of ketones is 5. The summed E-state index contributed by atoms with van der Waals surface area (Å²) in [4.78, 5) is 61.1. The van der Waals surface area contributed by atoms with Gasteiger partial charge in [0.15, 0.2) is 50.5 Å². The molecule has 0 bridgehead atoms. The Hall–Kier alpha value is -1.50. The van der Waals surface area contributed by atoms with Crippen LogP contribution in [0.4, 0.5) is 0 Å². The third-order valence-electron chi connectivity index (χ3n) is 4.83. The summed E-state index contributed by atoms with van der Waals surface area (Å²) in [6.45, 7) is 1.77. The highest BCUT2D eigenvalue weighted by Crippen LogP contribution is 2.47. The highest BCUT2D eigenvalue weighted by atomic mass is 32.1. The van der Waals surface area contributed by atoms with Gasteiger partial charge >= 0.3 is 0 Å². The molecule has 154 valence electrons. The van der Waals surface area contributed by atoms with E-state index in [1.54, 1.807) is 0 Å². The standard InChI is InChI=1S/C16H24O10S/c1-7(18)13(24,12(23)6-17)15(25,10(4)21)16(26,11(5)22)14(27,8(2)19)9(3)20/h12,17,23-27H,6H2,1-5H3/t12-,13-,15+,16+/m1/s1. The first-order chi connectivity index (χ1) is 11.9. The SMILES string of the molecule is CC(=O)C(S)(C(C)=O)[C@@](O)(C(C)=O)[C@](O)(C(C)=O)[C@@](O)(C(C)=O)[C@H](O)CO. The molecule has 27 heavy (non-hydrogen) atoms. The van der Waals surface area contributed by atoms with Crippen LogP contribution in [-0.2, 0) is 24.0 Å². The van der Waals surface area contributed by atoms with Crippen LogP contribution in [0.1, 0.15) is 34.6 Å². The minimum atomic E-state index is -3.93. The second-order valence-electron chi connectivity index (χ2n) is 6.38. The fourth-order valence-corrected chi connectivity index (χ4v) is 3.51. The Morgan fingerprint density at radius 2 is 1.07 bits per heavy atom. The third-order valence-corrected chi connectivity index (χ3v) is 5.78. The normalized spacial score (nSPS) is 19.8. The first kappa shape index (κ1) is 25.5. The van der Waals surface area contributed by atoms with E-state index in [0.29, 0.717) is 20.8 Å². The Bertz CT molecular complexity index is 675. The van der Waals surface area contributed by atoms with Crippen LogP contribution in [0, 0.1) is 0 Å². The molecule has 0 fully saturated rings. The fourth-order valence-electron chi connectivity index (χ4n) is 3.19. The number of thiol groups is 1. The van der Waals surface area contributed by atoms with Gasteiger partial charge in [0.1, 0.15) is 6.10 Å². The molecule has 0 aromatic carbocycles. The topological polar surface area (TPSA) is 186 Å². The average molecular weight is 408 g/mol. The average Bonchev–Trinajstić information content (AvgIpc) is 2.56. The van der Waals surface area contributed by atoms with Gasteiger partial charge in [0.2, 0.25) is 0 Å². The van der Waals surface area contributed by atoms with Gasteiger partial charge in [-0.1, -0.05) is 0 Å². The zero-order valence-corrected chi connectivity index (χ0v) is 16.4. The lowest BCUT2D eigenvalue weighted by Gasteiger charge is -2.54. The lowest BCUT2D eigenvalue weighted by Crippen LogP contribution is -2.85. The summed E-state index contributed by atoms with van der Waals surface area (Å²) in [5.74, 6) is -7.35. The van der Waals surface area contributed by atoms with E-state index >= 15 is 0 Å². The minimum absolute atomic E-state index is 0.542. The summed E-state index contributed by atoms with van der Waals surface area (Å²) in [5.41, 5.74) is -11.4. The van der Waals surface area contributed by atoms with Crippen molar-refractivity contribution < 1.29 is 49.5 Å². The van der Waals surface area contributed by atoms with Crippen molar-refractivity contribution in [3.05, 3.63) is 0 Å². The van der Waals surface area contributed by atoms with Crippen molar-refractivity contribution in [2.24, 2.45) is 0 Å². The van der Waals surface area contributed by atoms with E-state index in [4.69, 9.17) is 0 Å². The predicted molar refractivity (Wildman–Crippen MR) is 93.1 cm³/mol. The molecule has 0 aliphatic carbocycles. The van der Waals surface area contributed by atoms with Crippen molar-refractivity contribution in [1.82, 2.24) is 0 Å². The maximum atomic E-state index is 12.4.